The van der Waals surface area contributed by atoms with E-state index in [2.05, 4.69) is 32.7 Å². The van der Waals surface area contributed by atoms with E-state index in [1.807, 2.05) is 6.08 Å². The third-order valence-electron chi connectivity index (χ3n) is 3.64. The molecule has 0 aromatic rings. The molecule has 0 radical (unpaired) electrons. The minimum absolute atomic E-state index is 0.595. The van der Waals surface area contributed by atoms with Crippen LogP contribution in [0.2, 0.25) is 0 Å². The van der Waals surface area contributed by atoms with Crippen LogP contribution in [0.25, 0.3) is 0 Å². The van der Waals surface area contributed by atoms with E-state index >= 15 is 0 Å². The van der Waals surface area contributed by atoms with Gasteiger partial charge in [0.2, 0.25) is 0 Å². The lowest BCUT2D eigenvalue weighted by molar-refractivity contribution is 0.217. The lowest BCUT2D eigenvalue weighted by atomic mass is 9.79. The number of hydrogen-bond donors (Lipinski definition) is 1. The van der Waals surface area contributed by atoms with Gasteiger partial charge in [0.05, 0.1) is 0 Å². The van der Waals surface area contributed by atoms with Crippen molar-refractivity contribution in [3.8, 4) is 0 Å². The predicted octanol–water partition coefficient (Wildman–Crippen LogP) is 3.37. The molecule has 0 bridgehead atoms. The summed E-state index contributed by atoms with van der Waals surface area (Å²) < 4.78 is 0. The van der Waals surface area contributed by atoms with Gasteiger partial charge in [-0.05, 0) is 44.4 Å². The number of nitrogens with one attached hydrogen (secondary N) is 1. The molecule has 14 heavy (non-hydrogen) atoms. The van der Waals surface area contributed by atoms with E-state index in [1.165, 1.54) is 19.3 Å². The summed E-state index contributed by atoms with van der Waals surface area (Å²) in [5.41, 5.74) is 0. The van der Waals surface area contributed by atoms with E-state index < -0.39 is 0 Å². The Labute approximate surface area is 89.0 Å². The molecule has 1 N–H and O–H groups in total. The first-order valence-corrected chi connectivity index (χ1v) is 6.00. The van der Waals surface area contributed by atoms with Crippen LogP contribution in [0.15, 0.2) is 12.7 Å². The van der Waals surface area contributed by atoms with Crippen molar-refractivity contribution in [2.45, 2.75) is 58.5 Å². The average Bonchev–Trinajstić information content (AvgIpc) is 2.12. The van der Waals surface area contributed by atoms with Crippen molar-refractivity contribution in [2.24, 2.45) is 11.8 Å². The molecule has 1 fully saturated rings. The molecule has 82 valence electrons. The molecule has 0 heterocycles. The second kappa shape index (κ2) is 5.55. The molecule has 1 nitrogen and oxygen atoms in total. The summed E-state index contributed by atoms with van der Waals surface area (Å²) in [5, 5.41) is 3.70. The fourth-order valence-electron chi connectivity index (χ4n) is 2.42. The molecular weight excluding hydrogens is 170 g/mol. The maximum atomic E-state index is 3.78. The van der Waals surface area contributed by atoms with E-state index in [0.29, 0.717) is 6.04 Å². The van der Waals surface area contributed by atoms with Gasteiger partial charge in [-0.3, -0.25) is 0 Å². The molecule has 1 saturated carbocycles. The number of rotatable bonds is 4. The van der Waals surface area contributed by atoms with Crippen LogP contribution in [-0.2, 0) is 0 Å². The molecule has 0 aliphatic heterocycles. The molecule has 0 amide bonds. The second-order valence-electron chi connectivity index (χ2n) is 5.06. The minimum atomic E-state index is 0.595. The molecule has 1 aliphatic rings. The first-order chi connectivity index (χ1) is 6.63. The SMILES string of the molecule is C=CCC(C)NC1CCC(C)C(C)C1. The van der Waals surface area contributed by atoms with E-state index in [0.717, 1.165) is 24.3 Å². The van der Waals surface area contributed by atoms with Gasteiger partial charge in [0.25, 0.3) is 0 Å². The maximum absolute atomic E-state index is 3.78. The molecule has 1 aliphatic carbocycles. The van der Waals surface area contributed by atoms with Gasteiger partial charge < -0.3 is 5.32 Å². The minimum Gasteiger partial charge on any atom is -0.311 e. The molecule has 0 saturated heterocycles. The molecule has 4 atom stereocenters. The molecule has 1 heteroatoms. The van der Waals surface area contributed by atoms with Crippen LogP contribution in [0.1, 0.15) is 46.5 Å². The molecular formula is C13H25N. The van der Waals surface area contributed by atoms with Gasteiger partial charge in [0, 0.05) is 12.1 Å². The van der Waals surface area contributed by atoms with Crippen molar-refractivity contribution in [1.82, 2.24) is 5.32 Å². The Hall–Kier alpha value is -0.300. The lowest BCUT2D eigenvalue weighted by Crippen LogP contribution is -2.40. The second-order valence-corrected chi connectivity index (χ2v) is 5.06. The van der Waals surface area contributed by atoms with E-state index in [1.54, 1.807) is 0 Å². The first kappa shape index (κ1) is 11.8. The van der Waals surface area contributed by atoms with E-state index in [-0.39, 0.29) is 0 Å². The first-order valence-electron chi connectivity index (χ1n) is 6.00. The Bertz CT molecular complexity index is 176. The molecule has 0 aromatic carbocycles. The average molecular weight is 195 g/mol. The Morgan fingerprint density at radius 1 is 1.36 bits per heavy atom. The van der Waals surface area contributed by atoms with Crippen LogP contribution in [0.4, 0.5) is 0 Å². The van der Waals surface area contributed by atoms with Crippen LogP contribution in [0, 0.1) is 11.8 Å². The number of hydrogen-bond acceptors (Lipinski definition) is 1. The fraction of sp³-hybridized carbons (Fsp3) is 0.846. The van der Waals surface area contributed by atoms with Gasteiger partial charge in [-0.2, -0.15) is 0 Å². The van der Waals surface area contributed by atoms with Crippen molar-refractivity contribution in [3.63, 3.8) is 0 Å². The van der Waals surface area contributed by atoms with Crippen LogP contribution in [0.3, 0.4) is 0 Å². The standard InChI is InChI=1S/C13H25N/c1-5-6-12(4)14-13-8-7-10(2)11(3)9-13/h5,10-14H,1,6-9H2,2-4H3. The van der Waals surface area contributed by atoms with Gasteiger partial charge >= 0.3 is 0 Å². The Morgan fingerprint density at radius 3 is 2.64 bits per heavy atom. The van der Waals surface area contributed by atoms with Crippen LogP contribution in [-0.4, -0.2) is 12.1 Å². The van der Waals surface area contributed by atoms with E-state index in [9.17, 15) is 0 Å². The lowest BCUT2D eigenvalue weighted by Gasteiger charge is -2.34. The van der Waals surface area contributed by atoms with Gasteiger partial charge in [0.1, 0.15) is 0 Å². The topological polar surface area (TPSA) is 12.0 Å². The van der Waals surface area contributed by atoms with Crippen molar-refractivity contribution < 1.29 is 0 Å². The maximum Gasteiger partial charge on any atom is 0.00757 e. The molecule has 0 spiro atoms. The zero-order valence-electron chi connectivity index (χ0n) is 9.92. The van der Waals surface area contributed by atoms with Crippen molar-refractivity contribution in [2.75, 3.05) is 0 Å². The largest absolute Gasteiger partial charge is 0.311 e. The Balaban J connectivity index is 2.28. The summed E-state index contributed by atoms with van der Waals surface area (Å²) in [7, 11) is 0. The summed E-state index contributed by atoms with van der Waals surface area (Å²) in [6.45, 7) is 10.8. The van der Waals surface area contributed by atoms with Gasteiger partial charge in [-0.25, -0.2) is 0 Å². The van der Waals surface area contributed by atoms with Gasteiger partial charge in [-0.15, -0.1) is 6.58 Å². The summed E-state index contributed by atoms with van der Waals surface area (Å²) in [5.74, 6) is 1.81. The zero-order valence-corrected chi connectivity index (χ0v) is 9.92. The highest BCUT2D eigenvalue weighted by Gasteiger charge is 2.24. The van der Waals surface area contributed by atoms with Crippen molar-refractivity contribution in [1.29, 1.82) is 0 Å². The summed E-state index contributed by atoms with van der Waals surface area (Å²) in [6.07, 6.45) is 7.18. The Kier molecular flexibility index (Phi) is 4.67. The summed E-state index contributed by atoms with van der Waals surface area (Å²) in [4.78, 5) is 0. The Morgan fingerprint density at radius 2 is 2.07 bits per heavy atom. The quantitative estimate of drug-likeness (QED) is 0.678. The van der Waals surface area contributed by atoms with Crippen LogP contribution >= 0.6 is 0 Å². The third kappa shape index (κ3) is 3.45. The third-order valence-corrected chi connectivity index (χ3v) is 3.64. The zero-order chi connectivity index (χ0) is 10.6. The summed E-state index contributed by atoms with van der Waals surface area (Å²) in [6, 6.07) is 1.34. The molecule has 1 rings (SSSR count). The molecule has 4 unspecified atom stereocenters. The fourth-order valence-corrected chi connectivity index (χ4v) is 2.42. The highest BCUT2D eigenvalue weighted by molar-refractivity contribution is 4.83. The van der Waals surface area contributed by atoms with Crippen molar-refractivity contribution >= 4 is 0 Å². The highest BCUT2D eigenvalue weighted by atomic mass is 14.9. The summed E-state index contributed by atoms with van der Waals surface area (Å²) >= 11 is 0. The predicted molar refractivity (Wildman–Crippen MR) is 63.4 cm³/mol. The van der Waals surface area contributed by atoms with Crippen LogP contribution < -0.4 is 5.32 Å². The smallest absolute Gasteiger partial charge is 0.00757 e. The van der Waals surface area contributed by atoms with E-state index in [4.69, 9.17) is 0 Å². The van der Waals surface area contributed by atoms with Crippen LogP contribution in [0.5, 0.6) is 0 Å². The molecule has 0 aromatic heterocycles. The van der Waals surface area contributed by atoms with Gasteiger partial charge in [-0.1, -0.05) is 19.9 Å². The monoisotopic (exact) mass is 195 g/mol. The normalized spacial score (nSPS) is 35.2. The van der Waals surface area contributed by atoms with Crippen molar-refractivity contribution in [3.05, 3.63) is 12.7 Å². The highest BCUT2D eigenvalue weighted by Crippen LogP contribution is 2.29. The van der Waals surface area contributed by atoms with Gasteiger partial charge in [0.15, 0.2) is 0 Å².